The van der Waals surface area contributed by atoms with Gasteiger partial charge in [-0.3, -0.25) is 0 Å². The molecule has 2 heteroatoms. The predicted molar refractivity (Wildman–Crippen MR) is 294 cm³/mol. The molecule has 0 aliphatic carbocycles. The Hall–Kier alpha value is -9.24. The number of benzene rings is 11. The molecule has 0 amide bonds. The van der Waals surface area contributed by atoms with Crippen molar-refractivity contribution in [2.45, 2.75) is 0 Å². The van der Waals surface area contributed by atoms with Gasteiger partial charge in [0.2, 0.25) is 0 Å². The first-order valence-corrected chi connectivity index (χ1v) is 23.9. The molecule has 0 N–H and O–H groups in total. The number of anilines is 3. The van der Waals surface area contributed by atoms with Crippen LogP contribution in [0.15, 0.2) is 290 Å². The van der Waals surface area contributed by atoms with E-state index in [1.54, 1.807) is 0 Å². The monoisotopic (exact) mass is 893 g/mol. The van der Waals surface area contributed by atoms with Gasteiger partial charge < -0.3 is 9.32 Å². The van der Waals surface area contributed by atoms with Crippen LogP contribution >= 0.6 is 0 Å². The number of hydrogen-bond acceptors (Lipinski definition) is 2. The second kappa shape index (κ2) is 18.8. The van der Waals surface area contributed by atoms with Crippen LogP contribution in [-0.4, -0.2) is 0 Å². The minimum atomic E-state index is 0.872. The molecule has 0 aliphatic rings. The first-order chi connectivity index (χ1) is 34.7. The van der Waals surface area contributed by atoms with E-state index in [2.05, 4.69) is 272 Å². The second-order valence-corrected chi connectivity index (χ2v) is 17.6. The average Bonchev–Trinajstić information content (AvgIpc) is 3.89. The molecule has 0 saturated carbocycles. The Labute approximate surface area is 409 Å². The fourth-order valence-corrected chi connectivity index (χ4v) is 9.79. The van der Waals surface area contributed by atoms with Gasteiger partial charge in [-0.05, 0) is 126 Å². The normalized spacial score (nSPS) is 11.1. The zero-order valence-electron chi connectivity index (χ0n) is 38.5. The van der Waals surface area contributed by atoms with Crippen LogP contribution in [0.4, 0.5) is 17.1 Å². The molecular formula is C68H47NO. The predicted octanol–water partition coefficient (Wildman–Crippen LogP) is 19.2. The molecule has 0 atom stereocenters. The van der Waals surface area contributed by atoms with Crippen molar-refractivity contribution in [2.24, 2.45) is 0 Å². The highest BCUT2D eigenvalue weighted by Crippen LogP contribution is 2.42. The highest BCUT2D eigenvalue weighted by Gasteiger charge is 2.17. The Kier molecular flexibility index (Phi) is 11.3. The minimum Gasteiger partial charge on any atom is -0.456 e. The number of nitrogens with zero attached hydrogens (tertiary/aromatic N) is 1. The maximum absolute atomic E-state index is 6.31. The number of hydrogen-bond donors (Lipinski definition) is 0. The minimum absolute atomic E-state index is 0.872. The van der Waals surface area contributed by atoms with Gasteiger partial charge in [0.15, 0.2) is 0 Å². The third-order valence-corrected chi connectivity index (χ3v) is 13.4. The van der Waals surface area contributed by atoms with Gasteiger partial charge in [-0.25, -0.2) is 0 Å². The van der Waals surface area contributed by atoms with Crippen LogP contribution in [0.1, 0.15) is 0 Å². The van der Waals surface area contributed by atoms with Crippen molar-refractivity contribution >= 4 is 28.0 Å². The molecule has 12 rings (SSSR count). The summed E-state index contributed by atoms with van der Waals surface area (Å²) in [6.07, 6.45) is 0. The van der Waals surface area contributed by atoms with Gasteiger partial charge in [-0.2, -0.15) is 0 Å². The van der Waals surface area contributed by atoms with E-state index >= 15 is 0 Å². The van der Waals surface area contributed by atoms with Crippen LogP contribution in [0, 0.1) is 0 Å². The molecule has 0 saturated heterocycles. The van der Waals surface area contributed by atoms with E-state index in [0.29, 0.717) is 0 Å². The van der Waals surface area contributed by atoms with Crippen LogP contribution in [0.5, 0.6) is 0 Å². The van der Waals surface area contributed by atoms with E-state index in [4.69, 9.17) is 4.42 Å². The second-order valence-electron chi connectivity index (χ2n) is 17.6. The first kappa shape index (κ1) is 42.1. The van der Waals surface area contributed by atoms with Crippen LogP contribution < -0.4 is 4.90 Å². The highest BCUT2D eigenvalue weighted by molar-refractivity contribution is 5.93. The Morgan fingerprint density at radius 2 is 0.500 bits per heavy atom. The lowest BCUT2D eigenvalue weighted by molar-refractivity contribution is 0.632. The summed E-state index contributed by atoms with van der Waals surface area (Å²) in [5.74, 6) is 0.872. The molecule has 1 aromatic heterocycles. The van der Waals surface area contributed by atoms with E-state index in [1.807, 2.05) is 18.2 Å². The van der Waals surface area contributed by atoms with E-state index in [-0.39, 0.29) is 0 Å². The standard InChI is InChI=1S/C68H47NO/c1-3-15-48(16-4-1)49-27-29-50(30-28-49)52-35-41-58(42-36-52)69(60-45-39-56(40-46-60)62-21-9-12-24-65(62)64-23-11-8-20-61(64)54-17-5-2-6-18-54)59-43-37-53(38-44-59)51-31-33-55(34-32-51)63-22-10-13-25-66(63)68-47-57-19-7-14-26-67(57)70-68/h1-47H. The first-order valence-electron chi connectivity index (χ1n) is 23.9. The van der Waals surface area contributed by atoms with Crippen LogP contribution in [0.25, 0.3) is 100 Å². The van der Waals surface area contributed by atoms with Crippen molar-refractivity contribution in [2.75, 3.05) is 4.90 Å². The van der Waals surface area contributed by atoms with Gasteiger partial charge in [0, 0.05) is 28.0 Å². The maximum atomic E-state index is 6.31. The van der Waals surface area contributed by atoms with Crippen molar-refractivity contribution in [3.8, 4) is 89.2 Å². The number of fused-ring (bicyclic) bond motifs is 1. The Bertz CT molecular complexity index is 3670. The lowest BCUT2D eigenvalue weighted by atomic mass is 9.89. The number of furan rings is 1. The lowest BCUT2D eigenvalue weighted by Crippen LogP contribution is -2.09. The summed E-state index contributed by atoms with van der Waals surface area (Å²) >= 11 is 0. The van der Waals surface area contributed by atoms with Crippen molar-refractivity contribution in [1.29, 1.82) is 0 Å². The SMILES string of the molecule is c1ccc(-c2ccc(-c3ccc(N(c4ccc(-c5ccc(-c6ccccc6-c6cc7ccccc7o6)cc5)cc4)c4ccc(-c5ccccc5-c5ccccc5-c5ccccc5)cc4)cc3)cc2)cc1. The quantitative estimate of drug-likeness (QED) is 0.129. The average molecular weight is 894 g/mol. The van der Waals surface area contributed by atoms with Gasteiger partial charge >= 0.3 is 0 Å². The molecule has 0 bridgehead atoms. The number of para-hydroxylation sites is 1. The van der Waals surface area contributed by atoms with Crippen molar-refractivity contribution in [1.82, 2.24) is 0 Å². The van der Waals surface area contributed by atoms with Crippen LogP contribution in [-0.2, 0) is 0 Å². The third-order valence-electron chi connectivity index (χ3n) is 13.4. The van der Waals surface area contributed by atoms with Gasteiger partial charge in [0.1, 0.15) is 11.3 Å². The van der Waals surface area contributed by atoms with E-state index in [1.165, 1.54) is 50.1 Å². The summed E-state index contributed by atoms with van der Waals surface area (Å²) in [7, 11) is 0. The molecule has 1 heterocycles. The zero-order chi connectivity index (χ0) is 46.6. The number of rotatable bonds is 11. The topological polar surface area (TPSA) is 16.4 Å². The molecular weight excluding hydrogens is 847 g/mol. The van der Waals surface area contributed by atoms with Crippen molar-refractivity contribution in [3.63, 3.8) is 0 Å². The summed E-state index contributed by atoms with van der Waals surface area (Å²) in [6, 6.07) is 102. The molecule has 70 heavy (non-hydrogen) atoms. The summed E-state index contributed by atoms with van der Waals surface area (Å²) in [5, 5.41) is 1.10. The molecule has 2 nitrogen and oxygen atoms in total. The molecule has 11 aromatic carbocycles. The summed E-state index contributed by atoms with van der Waals surface area (Å²) in [4.78, 5) is 2.35. The maximum Gasteiger partial charge on any atom is 0.136 e. The molecule has 330 valence electrons. The third kappa shape index (κ3) is 8.40. The van der Waals surface area contributed by atoms with Crippen LogP contribution in [0.3, 0.4) is 0 Å². The van der Waals surface area contributed by atoms with E-state index in [0.717, 1.165) is 67.2 Å². The highest BCUT2D eigenvalue weighted by atomic mass is 16.3. The smallest absolute Gasteiger partial charge is 0.136 e. The molecule has 0 radical (unpaired) electrons. The Morgan fingerprint density at radius 3 is 0.943 bits per heavy atom. The molecule has 12 aromatic rings. The van der Waals surface area contributed by atoms with Gasteiger partial charge in [0.05, 0.1) is 0 Å². The molecule has 0 unspecified atom stereocenters. The molecule has 0 spiro atoms. The summed E-state index contributed by atoms with van der Waals surface area (Å²) in [5.41, 5.74) is 21.8. The Balaban J connectivity index is 0.870. The Morgan fingerprint density at radius 1 is 0.214 bits per heavy atom. The van der Waals surface area contributed by atoms with Crippen molar-refractivity contribution in [3.05, 3.63) is 285 Å². The summed E-state index contributed by atoms with van der Waals surface area (Å²) in [6.45, 7) is 0. The van der Waals surface area contributed by atoms with Gasteiger partial charge in [0.25, 0.3) is 0 Å². The van der Waals surface area contributed by atoms with E-state index < -0.39 is 0 Å². The van der Waals surface area contributed by atoms with E-state index in [9.17, 15) is 0 Å². The fourth-order valence-electron chi connectivity index (χ4n) is 9.79. The van der Waals surface area contributed by atoms with Crippen molar-refractivity contribution < 1.29 is 4.42 Å². The van der Waals surface area contributed by atoms with Crippen LogP contribution in [0.2, 0.25) is 0 Å². The van der Waals surface area contributed by atoms with Gasteiger partial charge in [-0.1, -0.05) is 237 Å². The van der Waals surface area contributed by atoms with Gasteiger partial charge in [-0.15, -0.1) is 0 Å². The largest absolute Gasteiger partial charge is 0.456 e. The zero-order valence-corrected chi connectivity index (χ0v) is 38.5. The molecule has 0 aliphatic heterocycles. The summed E-state index contributed by atoms with van der Waals surface area (Å²) < 4.78 is 6.31. The molecule has 0 fully saturated rings. The fraction of sp³-hybridized carbons (Fsp3) is 0. The lowest BCUT2D eigenvalue weighted by Gasteiger charge is -2.26.